The van der Waals surface area contributed by atoms with E-state index in [4.69, 9.17) is 0 Å². The summed E-state index contributed by atoms with van der Waals surface area (Å²) in [6.07, 6.45) is 3.51. The van der Waals surface area contributed by atoms with Gasteiger partial charge in [-0.05, 0) is 62.4 Å². The fraction of sp³-hybridized carbons (Fsp3) is 0.632. The summed E-state index contributed by atoms with van der Waals surface area (Å²) in [6.45, 7) is 3.04. The van der Waals surface area contributed by atoms with E-state index < -0.39 is 16.7 Å². The molecule has 1 aliphatic carbocycles. The van der Waals surface area contributed by atoms with E-state index in [1.165, 1.54) is 0 Å². The highest BCUT2D eigenvalue weighted by Gasteiger charge is 2.35. The number of likely N-dealkylation sites (tertiary alicyclic amines) is 1. The molecule has 1 aromatic rings. The molecule has 0 spiro atoms. The van der Waals surface area contributed by atoms with Gasteiger partial charge in [0.2, 0.25) is 10.0 Å². The first kappa shape index (κ1) is 20.2. The van der Waals surface area contributed by atoms with Gasteiger partial charge < -0.3 is 10.2 Å². The molecule has 3 rings (SSSR count). The van der Waals surface area contributed by atoms with Crippen molar-refractivity contribution in [1.29, 1.82) is 0 Å². The Balaban J connectivity index is 1.33. The maximum atomic E-state index is 12.7. The molecule has 1 heterocycles. The topological polar surface area (TPSA) is 78.5 Å². The number of benzene rings is 1. The minimum absolute atomic E-state index is 0.165. The van der Waals surface area contributed by atoms with Crippen molar-refractivity contribution in [3.63, 3.8) is 0 Å². The Hall–Kier alpha value is -1.51. The molecule has 2 aliphatic rings. The molecule has 0 radical (unpaired) electrons. The van der Waals surface area contributed by atoms with Crippen LogP contribution >= 0.6 is 0 Å². The molecule has 150 valence electrons. The van der Waals surface area contributed by atoms with Gasteiger partial charge in [0.25, 0.3) is 5.91 Å². The lowest BCUT2D eigenvalue weighted by Gasteiger charge is -2.32. The molecule has 2 fully saturated rings. The van der Waals surface area contributed by atoms with E-state index >= 15 is 0 Å². The predicted molar refractivity (Wildman–Crippen MR) is 103 cm³/mol. The summed E-state index contributed by atoms with van der Waals surface area (Å²) < 4.78 is 39.0. The van der Waals surface area contributed by atoms with Crippen LogP contribution in [0.3, 0.4) is 0 Å². The van der Waals surface area contributed by atoms with Gasteiger partial charge in [0.1, 0.15) is 6.67 Å². The Bertz CT molecular complexity index is 744. The largest absolute Gasteiger partial charge is 0.352 e. The van der Waals surface area contributed by atoms with Crippen LogP contribution in [-0.4, -0.2) is 57.2 Å². The summed E-state index contributed by atoms with van der Waals surface area (Å²) in [7, 11) is -3.10. The van der Waals surface area contributed by atoms with Crippen molar-refractivity contribution >= 4 is 15.9 Å². The van der Waals surface area contributed by atoms with Crippen molar-refractivity contribution in [3.05, 3.63) is 35.4 Å². The average molecular weight is 398 g/mol. The number of alkyl halides is 1. The zero-order chi connectivity index (χ0) is 19.3. The molecule has 0 unspecified atom stereocenters. The lowest BCUT2D eigenvalue weighted by atomic mass is 9.96. The number of nitrogens with one attached hydrogen (secondary N) is 2. The van der Waals surface area contributed by atoms with Crippen LogP contribution in [-0.2, 0) is 16.7 Å². The molecule has 0 atom stereocenters. The third-order valence-corrected chi connectivity index (χ3v) is 7.25. The Kier molecular flexibility index (Phi) is 6.83. The van der Waals surface area contributed by atoms with E-state index in [1.54, 1.807) is 24.3 Å². The van der Waals surface area contributed by atoms with Crippen LogP contribution in [0.15, 0.2) is 24.3 Å². The minimum atomic E-state index is -3.10. The number of rotatable bonds is 9. The van der Waals surface area contributed by atoms with Crippen LogP contribution in [0.25, 0.3) is 0 Å². The number of nitrogens with zero attached hydrogens (tertiary/aromatic N) is 1. The molecule has 8 heteroatoms. The van der Waals surface area contributed by atoms with Gasteiger partial charge in [-0.25, -0.2) is 17.5 Å². The summed E-state index contributed by atoms with van der Waals surface area (Å²) >= 11 is 0. The highest BCUT2D eigenvalue weighted by molar-refractivity contribution is 7.90. The van der Waals surface area contributed by atoms with E-state index in [9.17, 15) is 17.6 Å². The first-order valence-corrected chi connectivity index (χ1v) is 11.2. The van der Waals surface area contributed by atoms with Gasteiger partial charge in [-0.1, -0.05) is 12.1 Å². The van der Waals surface area contributed by atoms with Gasteiger partial charge >= 0.3 is 0 Å². The van der Waals surface area contributed by atoms with Crippen LogP contribution in [0, 0.1) is 5.92 Å². The zero-order valence-corrected chi connectivity index (χ0v) is 16.3. The van der Waals surface area contributed by atoms with Crippen LogP contribution in [0.1, 0.15) is 41.6 Å². The maximum Gasteiger partial charge on any atom is 0.251 e. The van der Waals surface area contributed by atoms with E-state index in [0.29, 0.717) is 30.1 Å². The summed E-state index contributed by atoms with van der Waals surface area (Å²) in [5, 5.41) is 2.78. The quantitative estimate of drug-likeness (QED) is 0.665. The second-order valence-corrected chi connectivity index (χ2v) is 9.51. The summed E-state index contributed by atoms with van der Waals surface area (Å²) in [5.74, 6) is 0.250. The third-order valence-electron chi connectivity index (χ3n) is 5.30. The number of sulfonamides is 1. The van der Waals surface area contributed by atoms with Gasteiger partial charge in [-0.2, -0.15) is 0 Å². The Morgan fingerprint density at radius 3 is 2.59 bits per heavy atom. The normalized spacial score (nSPS) is 19.1. The molecular formula is C19H28FN3O3S. The highest BCUT2D eigenvalue weighted by atomic mass is 32.2. The first-order valence-electron chi connectivity index (χ1n) is 9.62. The molecule has 1 aliphatic heterocycles. The van der Waals surface area contributed by atoms with E-state index in [-0.39, 0.29) is 11.2 Å². The second-order valence-electron chi connectivity index (χ2n) is 7.47. The van der Waals surface area contributed by atoms with Gasteiger partial charge in [-0.15, -0.1) is 0 Å². The molecule has 1 saturated heterocycles. The number of amides is 1. The van der Waals surface area contributed by atoms with Gasteiger partial charge in [0, 0.05) is 25.2 Å². The number of halogens is 1. The molecule has 2 N–H and O–H groups in total. The maximum absolute atomic E-state index is 12.7. The van der Waals surface area contributed by atoms with Crippen molar-refractivity contribution in [1.82, 2.24) is 14.9 Å². The summed E-state index contributed by atoms with van der Waals surface area (Å²) in [6, 6.07) is 6.64. The Morgan fingerprint density at radius 1 is 1.19 bits per heavy atom. The van der Waals surface area contributed by atoms with Gasteiger partial charge in [0.15, 0.2) is 0 Å². The van der Waals surface area contributed by atoms with Crippen molar-refractivity contribution in [2.45, 2.75) is 37.6 Å². The minimum Gasteiger partial charge on any atom is -0.352 e. The highest BCUT2D eigenvalue weighted by Crippen LogP contribution is 2.27. The summed E-state index contributed by atoms with van der Waals surface area (Å²) in [5.41, 5.74) is 0.999. The van der Waals surface area contributed by atoms with Gasteiger partial charge in [-0.3, -0.25) is 4.79 Å². The van der Waals surface area contributed by atoms with Crippen molar-refractivity contribution < 1.29 is 17.6 Å². The molecule has 0 bridgehead atoms. The number of carbonyl (C=O) groups is 1. The molecule has 27 heavy (non-hydrogen) atoms. The fourth-order valence-corrected chi connectivity index (χ4v) is 4.76. The van der Waals surface area contributed by atoms with Crippen LogP contribution in [0.2, 0.25) is 0 Å². The molecule has 0 aromatic heterocycles. The standard InChI is InChI=1S/C19H28FN3O3S/c20-13-16-2-1-3-17(12-16)19(24)21-14-15-6-9-23(10-7-15)11-8-22-27(25,26)18-4-5-18/h1-3,12,15,18,22H,4-11,13-14H2,(H,21,24). The fourth-order valence-electron chi connectivity index (χ4n) is 3.39. The Labute approximate surface area is 160 Å². The van der Waals surface area contributed by atoms with Crippen molar-refractivity contribution in [2.24, 2.45) is 5.92 Å². The smallest absolute Gasteiger partial charge is 0.251 e. The lowest BCUT2D eigenvalue weighted by Crippen LogP contribution is -2.42. The number of carbonyl (C=O) groups excluding carboxylic acids is 1. The number of piperidine rings is 1. The van der Waals surface area contributed by atoms with Crippen LogP contribution in [0.5, 0.6) is 0 Å². The molecule has 6 nitrogen and oxygen atoms in total. The predicted octanol–water partition coefficient (Wildman–Crippen LogP) is 1.68. The SMILES string of the molecule is O=C(NCC1CCN(CCNS(=O)(=O)C2CC2)CC1)c1cccc(CF)c1. The second kappa shape index (κ2) is 9.12. The lowest BCUT2D eigenvalue weighted by molar-refractivity contribution is 0.0936. The van der Waals surface area contributed by atoms with E-state index in [1.807, 2.05) is 0 Å². The molecule has 1 amide bonds. The monoisotopic (exact) mass is 397 g/mol. The van der Waals surface area contributed by atoms with E-state index in [0.717, 1.165) is 45.3 Å². The third kappa shape index (κ3) is 5.99. The van der Waals surface area contributed by atoms with Crippen molar-refractivity contribution in [2.75, 3.05) is 32.7 Å². The van der Waals surface area contributed by atoms with Crippen LogP contribution < -0.4 is 10.0 Å². The van der Waals surface area contributed by atoms with E-state index in [2.05, 4.69) is 14.9 Å². The number of hydrogen-bond acceptors (Lipinski definition) is 4. The number of hydrogen-bond donors (Lipinski definition) is 2. The molecule has 1 aromatic carbocycles. The first-order chi connectivity index (χ1) is 13.0. The molecule has 1 saturated carbocycles. The zero-order valence-electron chi connectivity index (χ0n) is 15.5. The Morgan fingerprint density at radius 2 is 1.93 bits per heavy atom. The van der Waals surface area contributed by atoms with Crippen molar-refractivity contribution in [3.8, 4) is 0 Å². The molecular weight excluding hydrogens is 369 g/mol. The van der Waals surface area contributed by atoms with Crippen LogP contribution in [0.4, 0.5) is 4.39 Å². The average Bonchev–Trinajstić information content (AvgIpc) is 3.53. The summed E-state index contributed by atoms with van der Waals surface area (Å²) in [4.78, 5) is 14.5. The van der Waals surface area contributed by atoms with Gasteiger partial charge in [0.05, 0.1) is 5.25 Å².